The van der Waals surface area contributed by atoms with E-state index in [1.165, 1.54) is 11.0 Å². The standard InChI is InChI=1S/C27H28N6O3/c28-22-8-4-5-9-23(22)31-25(34)13-11-20-10-12-24(30-16-20)29-14-15-33-26(35)18-32(19-27(33)36)17-21-6-2-1-3-7-21/h1-13,16H,14-15,17-19,28H2,(H,29,30)(H,31,34)/b13-11+. The van der Waals surface area contributed by atoms with E-state index in [1.807, 2.05) is 41.3 Å². The number of piperazine rings is 1. The predicted octanol–water partition coefficient (Wildman–Crippen LogP) is 2.60. The van der Waals surface area contributed by atoms with Crippen molar-refractivity contribution in [2.45, 2.75) is 6.54 Å². The Morgan fingerprint density at radius 2 is 1.69 bits per heavy atom. The van der Waals surface area contributed by atoms with Gasteiger partial charge in [-0.2, -0.15) is 0 Å². The quantitative estimate of drug-likeness (QED) is 0.243. The minimum Gasteiger partial charge on any atom is -0.397 e. The Bertz CT molecular complexity index is 1230. The number of amides is 3. The Balaban J connectivity index is 1.22. The molecule has 4 N–H and O–H groups in total. The largest absolute Gasteiger partial charge is 0.397 e. The number of nitrogens with two attached hydrogens (primary N) is 1. The molecule has 0 spiro atoms. The molecule has 1 aromatic heterocycles. The van der Waals surface area contributed by atoms with Crippen molar-refractivity contribution in [2.75, 3.05) is 42.5 Å². The first-order valence-corrected chi connectivity index (χ1v) is 11.6. The lowest BCUT2D eigenvalue weighted by molar-refractivity contribution is -0.151. The second-order valence-electron chi connectivity index (χ2n) is 8.38. The van der Waals surface area contributed by atoms with Gasteiger partial charge in [0.1, 0.15) is 5.82 Å². The third-order valence-corrected chi connectivity index (χ3v) is 5.64. The van der Waals surface area contributed by atoms with Gasteiger partial charge in [-0.15, -0.1) is 0 Å². The van der Waals surface area contributed by atoms with Gasteiger partial charge < -0.3 is 16.4 Å². The van der Waals surface area contributed by atoms with Gasteiger partial charge >= 0.3 is 0 Å². The molecule has 4 rings (SSSR count). The number of anilines is 3. The van der Waals surface area contributed by atoms with E-state index in [9.17, 15) is 14.4 Å². The summed E-state index contributed by atoms with van der Waals surface area (Å²) >= 11 is 0. The summed E-state index contributed by atoms with van der Waals surface area (Å²) in [5.41, 5.74) is 8.70. The van der Waals surface area contributed by atoms with E-state index < -0.39 is 0 Å². The molecule has 9 heteroatoms. The van der Waals surface area contributed by atoms with Gasteiger partial charge in [0.15, 0.2) is 0 Å². The summed E-state index contributed by atoms with van der Waals surface area (Å²) in [4.78, 5) is 44.6. The third-order valence-electron chi connectivity index (χ3n) is 5.64. The fourth-order valence-corrected chi connectivity index (χ4v) is 3.81. The highest BCUT2D eigenvalue weighted by Crippen LogP contribution is 2.17. The molecule has 0 saturated carbocycles. The molecule has 0 atom stereocenters. The molecule has 2 heterocycles. The van der Waals surface area contributed by atoms with Gasteiger partial charge in [0.25, 0.3) is 0 Å². The molecular weight excluding hydrogens is 456 g/mol. The molecule has 2 aromatic carbocycles. The first-order valence-electron chi connectivity index (χ1n) is 11.6. The maximum absolute atomic E-state index is 12.5. The molecule has 1 saturated heterocycles. The highest BCUT2D eigenvalue weighted by atomic mass is 16.2. The van der Waals surface area contributed by atoms with Crippen LogP contribution in [0.3, 0.4) is 0 Å². The minimum absolute atomic E-state index is 0.201. The Labute approximate surface area is 209 Å². The van der Waals surface area contributed by atoms with Crippen LogP contribution in [0.15, 0.2) is 79.0 Å². The van der Waals surface area contributed by atoms with Crippen LogP contribution in [0.2, 0.25) is 0 Å². The zero-order valence-corrected chi connectivity index (χ0v) is 19.8. The number of imide groups is 1. The second kappa shape index (κ2) is 11.8. The lowest BCUT2D eigenvalue weighted by Crippen LogP contribution is -2.54. The van der Waals surface area contributed by atoms with Gasteiger partial charge in [-0.1, -0.05) is 42.5 Å². The topological polar surface area (TPSA) is 121 Å². The summed E-state index contributed by atoms with van der Waals surface area (Å²) in [7, 11) is 0. The Hall–Kier alpha value is -4.50. The van der Waals surface area contributed by atoms with Crippen molar-refractivity contribution in [3.05, 3.63) is 90.1 Å². The van der Waals surface area contributed by atoms with E-state index in [4.69, 9.17) is 5.73 Å². The maximum atomic E-state index is 12.5. The molecule has 3 amide bonds. The number of aromatic nitrogens is 1. The fraction of sp³-hybridized carbons (Fsp3) is 0.185. The minimum atomic E-state index is -0.298. The molecule has 1 aliphatic rings. The molecule has 0 radical (unpaired) electrons. The van der Waals surface area contributed by atoms with E-state index in [2.05, 4.69) is 15.6 Å². The third kappa shape index (κ3) is 6.77. The SMILES string of the molecule is Nc1ccccc1NC(=O)/C=C/c1ccc(NCCN2C(=O)CN(Cc3ccccc3)CC2=O)nc1. The number of carbonyl (C=O) groups excluding carboxylic acids is 3. The molecule has 3 aromatic rings. The zero-order chi connectivity index (χ0) is 25.3. The molecule has 0 aliphatic carbocycles. The van der Waals surface area contributed by atoms with E-state index in [0.717, 1.165) is 11.1 Å². The van der Waals surface area contributed by atoms with Gasteiger partial charge in [-0.3, -0.25) is 24.2 Å². The molecule has 0 unspecified atom stereocenters. The molecule has 36 heavy (non-hydrogen) atoms. The number of rotatable bonds is 9. The van der Waals surface area contributed by atoms with Crippen molar-refractivity contribution in [1.82, 2.24) is 14.8 Å². The monoisotopic (exact) mass is 484 g/mol. The van der Waals surface area contributed by atoms with Crippen LogP contribution < -0.4 is 16.4 Å². The smallest absolute Gasteiger partial charge is 0.248 e. The van der Waals surface area contributed by atoms with Crippen LogP contribution in [0.5, 0.6) is 0 Å². The van der Waals surface area contributed by atoms with Crippen LogP contribution in [-0.4, -0.2) is 58.7 Å². The van der Waals surface area contributed by atoms with Crippen LogP contribution in [0.4, 0.5) is 17.2 Å². The van der Waals surface area contributed by atoms with E-state index in [1.54, 1.807) is 42.6 Å². The molecule has 1 fully saturated rings. The van der Waals surface area contributed by atoms with E-state index in [-0.39, 0.29) is 37.4 Å². The first kappa shape index (κ1) is 24.6. The normalized spacial score (nSPS) is 14.3. The number of pyridine rings is 1. The number of hydrogen-bond donors (Lipinski definition) is 3. The highest BCUT2D eigenvalue weighted by Gasteiger charge is 2.30. The summed E-state index contributed by atoms with van der Waals surface area (Å²) in [5, 5.41) is 5.85. The van der Waals surface area contributed by atoms with Crippen LogP contribution in [0.25, 0.3) is 6.08 Å². The Kier molecular flexibility index (Phi) is 8.05. The van der Waals surface area contributed by atoms with Gasteiger partial charge in [-0.25, -0.2) is 4.98 Å². The Morgan fingerprint density at radius 1 is 0.972 bits per heavy atom. The van der Waals surface area contributed by atoms with Crippen LogP contribution in [-0.2, 0) is 20.9 Å². The highest BCUT2D eigenvalue weighted by molar-refractivity contribution is 6.03. The number of carbonyl (C=O) groups is 3. The van der Waals surface area contributed by atoms with Crippen molar-refractivity contribution in [1.29, 1.82) is 0 Å². The molecule has 9 nitrogen and oxygen atoms in total. The average Bonchev–Trinajstić information content (AvgIpc) is 2.87. The summed E-state index contributed by atoms with van der Waals surface area (Å²) < 4.78 is 0. The van der Waals surface area contributed by atoms with Crippen molar-refractivity contribution in [3.8, 4) is 0 Å². The van der Waals surface area contributed by atoms with Crippen molar-refractivity contribution in [3.63, 3.8) is 0 Å². The fourth-order valence-electron chi connectivity index (χ4n) is 3.81. The summed E-state index contributed by atoms with van der Waals surface area (Å²) in [6.07, 6.45) is 4.68. The number of hydrogen-bond acceptors (Lipinski definition) is 7. The summed E-state index contributed by atoms with van der Waals surface area (Å²) in [6, 6.07) is 20.4. The summed E-state index contributed by atoms with van der Waals surface area (Å²) in [6.45, 7) is 1.65. The number of nitrogens with one attached hydrogen (secondary N) is 2. The number of para-hydroxylation sites is 2. The second-order valence-corrected chi connectivity index (χ2v) is 8.38. The number of benzene rings is 2. The average molecular weight is 485 g/mol. The molecule has 1 aliphatic heterocycles. The van der Waals surface area contributed by atoms with Gasteiger partial charge in [0.2, 0.25) is 17.7 Å². The van der Waals surface area contributed by atoms with E-state index in [0.29, 0.717) is 30.3 Å². The van der Waals surface area contributed by atoms with Crippen molar-refractivity contribution >= 4 is 41.0 Å². The lowest BCUT2D eigenvalue weighted by atomic mass is 10.2. The van der Waals surface area contributed by atoms with Crippen LogP contribution in [0, 0.1) is 0 Å². The van der Waals surface area contributed by atoms with Crippen molar-refractivity contribution in [2.24, 2.45) is 0 Å². The number of nitrogens with zero attached hydrogens (tertiary/aromatic N) is 3. The maximum Gasteiger partial charge on any atom is 0.248 e. The molecule has 0 bridgehead atoms. The van der Waals surface area contributed by atoms with Crippen molar-refractivity contribution < 1.29 is 14.4 Å². The predicted molar refractivity (Wildman–Crippen MR) is 140 cm³/mol. The number of nitrogen functional groups attached to an aromatic ring is 1. The lowest BCUT2D eigenvalue weighted by Gasteiger charge is -2.32. The zero-order valence-electron chi connectivity index (χ0n) is 19.8. The summed E-state index contributed by atoms with van der Waals surface area (Å²) in [5.74, 6) is -0.0921. The van der Waals surface area contributed by atoms with Crippen LogP contribution >= 0.6 is 0 Å². The van der Waals surface area contributed by atoms with E-state index >= 15 is 0 Å². The Morgan fingerprint density at radius 3 is 2.39 bits per heavy atom. The molecular formula is C27H28N6O3. The van der Waals surface area contributed by atoms with Gasteiger partial charge in [0, 0.05) is 31.9 Å². The van der Waals surface area contributed by atoms with Gasteiger partial charge in [0.05, 0.1) is 24.5 Å². The van der Waals surface area contributed by atoms with Gasteiger partial charge in [-0.05, 0) is 41.5 Å². The first-order chi connectivity index (χ1) is 17.5. The van der Waals surface area contributed by atoms with Crippen LogP contribution in [0.1, 0.15) is 11.1 Å². The molecule has 184 valence electrons.